The van der Waals surface area contributed by atoms with Crippen LogP contribution in [0.25, 0.3) is 11.5 Å². The van der Waals surface area contributed by atoms with Crippen LogP contribution in [0.3, 0.4) is 0 Å². The number of methoxy groups -OCH3 is 1. The van der Waals surface area contributed by atoms with E-state index >= 15 is 0 Å². The van der Waals surface area contributed by atoms with Crippen LogP contribution in [-0.2, 0) is 6.61 Å². The van der Waals surface area contributed by atoms with Crippen molar-refractivity contribution in [2.24, 2.45) is 0 Å². The Morgan fingerprint density at radius 2 is 1.89 bits per heavy atom. The Labute approximate surface area is 202 Å². The van der Waals surface area contributed by atoms with Crippen molar-refractivity contribution in [3.8, 4) is 17.3 Å². The Bertz CT molecular complexity index is 1470. The molecular weight excluding hydrogens is 442 g/mol. The molecule has 0 atom stereocenters. The van der Waals surface area contributed by atoms with Gasteiger partial charge in [0.15, 0.2) is 11.5 Å². The lowest BCUT2D eigenvalue weighted by molar-refractivity contribution is 0.102. The van der Waals surface area contributed by atoms with Crippen molar-refractivity contribution >= 4 is 17.2 Å². The number of nitrogens with zero attached hydrogens (tertiary/aromatic N) is 4. The minimum absolute atomic E-state index is 0.211. The van der Waals surface area contributed by atoms with E-state index in [-0.39, 0.29) is 12.5 Å². The minimum Gasteiger partial charge on any atom is -0.493 e. The summed E-state index contributed by atoms with van der Waals surface area (Å²) in [7, 11) is 1.58. The van der Waals surface area contributed by atoms with E-state index in [0.29, 0.717) is 22.7 Å². The third-order valence-electron chi connectivity index (χ3n) is 5.77. The Hall–Kier alpha value is -4.59. The van der Waals surface area contributed by atoms with E-state index in [1.54, 1.807) is 31.5 Å². The molecule has 1 amide bonds. The van der Waals surface area contributed by atoms with Crippen LogP contribution < -0.4 is 14.8 Å². The first-order chi connectivity index (χ1) is 17.0. The second-order valence-corrected chi connectivity index (χ2v) is 8.11. The van der Waals surface area contributed by atoms with E-state index in [1.807, 2.05) is 77.7 Å². The number of hydrogen-bond donors (Lipinski definition) is 1. The topological polar surface area (TPSA) is 82.7 Å². The van der Waals surface area contributed by atoms with Crippen molar-refractivity contribution < 1.29 is 14.3 Å². The number of hydrogen-bond acceptors (Lipinski definition) is 5. The second kappa shape index (κ2) is 9.34. The molecule has 8 nitrogen and oxygen atoms in total. The van der Waals surface area contributed by atoms with Crippen LogP contribution in [0.5, 0.6) is 11.5 Å². The van der Waals surface area contributed by atoms with Gasteiger partial charge in [0.25, 0.3) is 5.91 Å². The fourth-order valence-electron chi connectivity index (χ4n) is 4.11. The fourth-order valence-corrected chi connectivity index (χ4v) is 4.11. The van der Waals surface area contributed by atoms with Crippen molar-refractivity contribution in [3.05, 3.63) is 102 Å². The largest absolute Gasteiger partial charge is 0.493 e. The summed E-state index contributed by atoms with van der Waals surface area (Å²) in [5.41, 5.74) is 4.56. The van der Waals surface area contributed by atoms with Gasteiger partial charge in [0.2, 0.25) is 0 Å². The van der Waals surface area contributed by atoms with Crippen LogP contribution in [0.1, 0.15) is 27.4 Å². The molecule has 0 aliphatic heterocycles. The summed E-state index contributed by atoms with van der Waals surface area (Å²) in [5, 5.41) is 2.97. The van der Waals surface area contributed by atoms with Crippen LogP contribution >= 0.6 is 0 Å². The van der Waals surface area contributed by atoms with Crippen molar-refractivity contribution in [1.29, 1.82) is 0 Å². The first-order valence-corrected chi connectivity index (χ1v) is 11.2. The molecule has 0 saturated heterocycles. The Morgan fingerprint density at radius 1 is 1.03 bits per heavy atom. The van der Waals surface area contributed by atoms with Crippen molar-refractivity contribution in [2.45, 2.75) is 20.5 Å². The zero-order valence-electron chi connectivity index (χ0n) is 19.7. The fraction of sp³-hybridized carbons (Fsp3) is 0.148. The Morgan fingerprint density at radius 3 is 2.66 bits per heavy atom. The Balaban J connectivity index is 1.35. The Kier molecular flexibility index (Phi) is 5.93. The molecule has 1 N–H and O–H groups in total. The van der Waals surface area contributed by atoms with Gasteiger partial charge in [0.1, 0.15) is 18.1 Å². The van der Waals surface area contributed by atoms with Crippen molar-refractivity contribution in [2.75, 3.05) is 12.4 Å². The highest BCUT2D eigenvalue weighted by Crippen LogP contribution is 2.31. The van der Waals surface area contributed by atoms with Crippen LogP contribution in [0, 0.1) is 13.8 Å². The van der Waals surface area contributed by atoms with Gasteiger partial charge in [-0.15, -0.1) is 0 Å². The summed E-state index contributed by atoms with van der Waals surface area (Å²) in [5.74, 6) is 1.65. The van der Waals surface area contributed by atoms with E-state index in [9.17, 15) is 4.79 Å². The number of anilines is 1. The van der Waals surface area contributed by atoms with Gasteiger partial charge < -0.3 is 23.8 Å². The third kappa shape index (κ3) is 4.46. The summed E-state index contributed by atoms with van der Waals surface area (Å²) in [6.07, 6.45) is 5.59. The normalized spacial score (nSPS) is 10.9. The molecule has 176 valence electrons. The van der Waals surface area contributed by atoms with Gasteiger partial charge >= 0.3 is 0 Å². The van der Waals surface area contributed by atoms with Gasteiger partial charge in [0.05, 0.1) is 18.4 Å². The van der Waals surface area contributed by atoms with Gasteiger partial charge in [-0.25, -0.2) is 9.97 Å². The molecule has 0 aliphatic carbocycles. The smallest absolute Gasteiger partial charge is 0.257 e. The average molecular weight is 468 g/mol. The number of amides is 1. The number of benzene rings is 1. The highest BCUT2D eigenvalue weighted by atomic mass is 16.5. The second-order valence-electron chi connectivity index (χ2n) is 8.11. The molecule has 0 unspecified atom stereocenters. The number of pyridine rings is 2. The van der Waals surface area contributed by atoms with E-state index in [0.717, 1.165) is 28.5 Å². The number of rotatable bonds is 7. The number of aromatic nitrogens is 4. The number of nitrogens with one attached hydrogen (secondary N) is 1. The highest BCUT2D eigenvalue weighted by molar-refractivity contribution is 6.05. The highest BCUT2D eigenvalue weighted by Gasteiger charge is 2.18. The molecule has 4 aromatic heterocycles. The maximum absolute atomic E-state index is 13.1. The molecule has 0 spiro atoms. The molecule has 5 aromatic rings. The molecule has 5 rings (SSSR count). The number of carbonyl (C=O) groups is 1. The predicted octanol–water partition coefficient (Wildman–Crippen LogP) is 4.98. The first-order valence-electron chi connectivity index (χ1n) is 11.2. The first kappa shape index (κ1) is 22.2. The monoisotopic (exact) mass is 467 g/mol. The standard InChI is InChI=1S/C27H25N5O3/c1-18-14-22(19(2)32(18)25-8-4-6-12-28-25)27(33)30-20-10-11-23(34-3)24(15-20)35-17-21-16-31-13-7-5-9-26(31)29-21/h4-16H,17H2,1-3H3,(H,30,33). The van der Waals surface area contributed by atoms with Crippen LogP contribution in [0.15, 0.2) is 79.3 Å². The van der Waals surface area contributed by atoms with Gasteiger partial charge in [0, 0.05) is 41.7 Å². The van der Waals surface area contributed by atoms with Gasteiger partial charge in [-0.05, 0) is 56.3 Å². The summed E-state index contributed by atoms with van der Waals surface area (Å²) in [6.45, 7) is 4.13. The van der Waals surface area contributed by atoms with Crippen molar-refractivity contribution in [3.63, 3.8) is 0 Å². The van der Waals surface area contributed by atoms with Crippen LogP contribution in [0.2, 0.25) is 0 Å². The SMILES string of the molecule is COc1ccc(NC(=O)c2cc(C)n(-c3ccccn3)c2C)cc1OCc1cn2ccccc2n1. The molecule has 0 fully saturated rings. The van der Waals surface area contributed by atoms with Gasteiger partial charge in [-0.1, -0.05) is 12.1 Å². The summed E-state index contributed by atoms with van der Waals surface area (Å²) in [6, 6.07) is 18.7. The molecule has 0 aliphatic rings. The maximum Gasteiger partial charge on any atom is 0.257 e. The van der Waals surface area contributed by atoms with E-state index in [1.165, 1.54) is 0 Å². The van der Waals surface area contributed by atoms with Crippen LogP contribution in [-0.4, -0.2) is 32.0 Å². The van der Waals surface area contributed by atoms with Crippen LogP contribution in [0.4, 0.5) is 5.69 Å². The summed E-state index contributed by atoms with van der Waals surface area (Å²) >= 11 is 0. The molecular formula is C27H25N5O3. The van der Waals surface area contributed by atoms with E-state index in [4.69, 9.17) is 9.47 Å². The third-order valence-corrected chi connectivity index (χ3v) is 5.77. The quantitative estimate of drug-likeness (QED) is 0.365. The molecule has 35 heavy (non-hydrogen) atoms. The van der Waals surface area contributed by atoms with E-state index in [2.05, 4.69) is 15.3 Å². The lowest BCUT2D eigenvalue weighted by Gasteiger charge is -2.13. The molecule has 4 heterocycles. The zero-order chi connectivity index (χ0) is 24.4. The van der Waals surface area contributed by atoms with Gasteiger partial charge in [-0.3, -0.25) is 4.79 Å². The summed E-state index contributed by atoms with van der Waals surface area (Å²) < 4.78 is 15.4. The minimum atomic E-state index is -0.211. The van der Waals surface area contributed by atoms with Crippen molar-refractivity contribution in [1.82, 2.24) is 18.9 Å². The molecule has 8 heteroatoms. The number of fused-ring (bicyclic) bond motifs is 1. The zero-order valence-corrected chi connectivity index (χ0v) is 19.7. The molecule has 0 radical (unpaired) electrons. The number of ether oxygens (including phenoxy) is 2. The number of carbonyl (C=O) groups excluding carboxylic acids is 1. The maximum atomic E-state index is 13.1. The number of imidazole rings is 1. The van der Waals surface area contributed by atoms with E-state index < -0.39 is 0 Å². The predicted molar refractivity (Wildman–Crippen MR) is 134 cm³/mol. The lowest BCUT2D eigenvalue weighted by atomic mass is 10.2. The number of aryl methyl sites for hydroxylation is 1. The van der Waals surface area contributed by atoms with Gasteiger partial charge in [-0.2, -0.15) is 0 Å². The average Bonchev–Trinajstić information content (AvgIpc) is 3.43. The summed E-state index contributed by atoms with van der Waals surface area (Å²) in [4.78, 5) is 22.1. The lowest BCUT2D eigenvalue weighted by Crippen LogP contribution is -2.13. The molecule has 1 aromatic carbocycles. The molecule has 0 bridgehead atoms. The molecule has 0 saturated carbocycles.